The van der Waals surface area contributed by atoms with E-state index in [1.165, 1.54) is 0 Å². The Hall–Kier alpha value is -3.82. The van der Waals surface area contributed by atoms with Crippen LogP contribution < -0.4 is 4.74 Å². The van der Waals surface area contributed by atoms with Crippen molar-refractivity contribution in [2.24, 2.45) is 0 Å². The number of ether oxygens (including phenoxy) is 2. The van der Waals surface area contributed by atoms with Crippen LogP contribution in [0.1, 0.15) is 24.2 Å². The summed E-state index contributed by atoms with van der Waals surface area (Å²) >= 11 is 0. The van der Waals surface area contributed by atoms with Gasteiger partial charge in [-0.2, -0.15) is 5.10 Å². The number of aromatic amines is 1. The Morgan fingerprint density at radius 3 is 2.62 bits per heavy atom. The van der Waals surface area contributed by atoms with Crippen molar-refractivity contribution in [1.29, 1.82) is 0 Å². The molecule has 2 aliphatic rings. The Labute approximate surface area is 215 Å². The molecule has 1 aromatic carbocycles. The lowest BCUT2D eigenvalue weighted by Gasteiger charge is -2.40. The summed E-state index contributed by atoms with van der Waals surface area (Å²) < 4.78 is 11.0. The zero-order valence-corrected chi connectivity index (χ0v) is 21.1. The number of carbonyl (C=O) groups excluding carboxylic acids is 1. The van der Waals surface area contributed by atoms with Crippen LogP contribution in [0.3, 0.4) is 0 Å². The maximum atomic E-state index is 12.3. The molecule has 2 bridgehead atoms. The molecule has 0 aliphatic carbocycles. The number of H-pyrrole nitrogens is 1. The lowest BCUT2D eigenvalue weighted by atomic mass is 10.1. The number of methoxy groups -OCH3 is 1. The number of likely N-dealkylation sites (tertiary alicyclic amines) is 1. The number of amides is 1. The minimum absolute atomic E-state index is 0.0831. The van der Waals surface area contributed by atoms with Gasteiger partial charge in [0.05, 0.1) is 16.9 Å². The zero-order valence-electron chi connectivity index (χ0n) is 21.1. The second-order valence-corrected chi connectivity index (χ2v) is 9.87. The summed E-state index contributed by atoms with van der Waals surface area (Å²) in [5.41, 5.74) is 4.78. The van der Waals surface area contributed by atoms with Crippen molar-refractivity contribution in [2.75, 3.05) is 26.8 Å². The van der Waals surface area contributed by atoms with Crippen LogP contribution >= 0.6 is 0 Å². The molecular formula is C28H30N6O3. The summed E-state index contributed by atoms with van der Waals surface area (Å²) in [5, 5.41) is 8.23. The van der Waals surface area contributed by atoms with Crippen molar-refractivity contribution in [3.05, 3.63) is 66.1 Å². The van der Waals surface area contributed by atoms with E-state index in [2.05, 4.69) is 32.2 Å². The molecule has 2 fully saturated rings. The highest BCUT2D eigenvalue weighted by atomic mass is 16.5. The van der Waals surface area contributed by atoms with Crippen LogP contribution in [-0.2, 0) is 16.1 Å². The number of carbonyl (C=O) groups is 1. The van der Waals surface area contributed by atoms with Crippen LogP contribution in [-0.4, -0.2) is 74.8 Å². The first-order chi connectivity index (χ1) is 18.1. The molecule has 4 aromatic rings. The largest absolute Gasteiger partial charge is 0.439 e. The molecule has 37 heavy (non-hydrogen) atoms. The van der Waals surface area contributed by atoms with E-state index >= 15 is 0 Å². The molecule has 1 amide bonds. The number of rotatable bonds is 7. The predicted molar refractivity (Wildman–Crippen MR) is 139 cm³/mol. The van der Waals surface area contributed by atoms with Gasteiger partial charge < -0.3 is 14.4 Å². The lowest BCUT2D eigenvalue weighted by Crippen LogP contribution is -2.55. The number of hydrogen-bond donors (Lipinski definition) is 1. The quantitative estimate of drug-likeness (QED) is 0.412. The first-order valence-electron chi connectivity index (χ1n) is 12.6. The van der Waals surface area contributed by atoms with Gasteiger partial charge in [0.2, 0.25) is 11.8 Å². The molecule has 190 valence electrons. The van der Waals surface area contributed by atoms with Gasteiger partial charge in [-0.25, -0.2) is 4.98 Å². The maximum Gasteiger partial charge on any atom is 0.248 e. The monoisotopic (exact) mass is 498 g/mol. The van der Waals surface area contributed by atoms with E-state index in [4.69, 9.17) is 14.5 Å². The van der Waals surface area contributed by atoms with Crippen molar-refractivity contribution in [3.8, 4) is 22.9 Å². The van der Waals surface area contributed by atoms with E-state index in [-0.39, 0.29) is 12.5 Å². The third kappa shape index (κ3) is 4.92. The van der Waals surface area contributed by atoms with Crippen molar-refractivity contribution < 1.29 is 14.3 Å². The van der Waals surface area contributed by atoms with Gasteiger partial charge in [-0.1, -0.05) is 6.07 Å². The highest BCUT2D eigenvalue weighted by Gasteiger charge is 2.41. The van der Waals surface area contributed by atoms with Gasteiger partial charge >= 0.3 is 0 Å². The minimum Gasteiger partial charge on any atom is -0.439 e. The van der Waals surface area contributed by atoms with Gasteiger partial charge in [-0.15, -0.1) is 0 Å². The molecule has 3 aromatic heterocycles. The molecule has 1 N–H and O–H groups in total. The Kier molecular flexibility index (Phi) is 6.31. The molecule has 9 nitrogen and oxygen atoms in total. The Morgan fingerprint density at radius 1 is 1.08 bits per heavy atom. The third-order valence-electron chi connectivity index (χ3n) is 7.28. The van der Waals surface area contributed by atoms with E-state index in [1.807, 2.05) is 48.2 Å². The van der Waals surface area contributed by atoms with Gasteiger partial charge in [-0.05, 0) is 56.2 Å². The summed E-state index contributed by atoms with van der Waals surface area (Å²) in [7, 11) is 1.57. The Bertz CT molecular complexity index is 1410. The fourth-order valence-electron chi connectivity index (χ4n) is 5.43. The standard InChI is InChI=1S/C28H30N6O3/c1-18-11-26(32-31-18)20-4-10-27(29-13-20)37-24-8-9-25-19(12-24)3-5-21(30-25)14-34-22-6-7-23(34)16-33(15-22)28(35)17-36-2/h3-5,8-13,22-23H,6-7,14-17H2,1-2H3,(H,31,32). The van der Waals surface area contributed by atoms with E-state index in [9.17, 15) is 4.79 Å². The molecule has 0 saturated carbocycles. The molecule has 2 atom stereocenters. The number of aromatic nitrogens is 4. The minimum atomic E-state index is 0.0831. The molecular weight excluding hydrogens is 468 g/mol. The fourth-order valence-corrected chi connectivity index (χ4v) is 5.43. The topological polar surface area (TPSA) is 96.5 Å². The predicted octanol–water partition coefficient (Wildman–Crippen LogP) is 3.94. The normalized spacial score (nSPS) is 19.5. The summed E-state index contributed by atoms with van der Waals surface area (Å²) in [5.74, 6) is 1.33. The smallest absolute Gasteiger partial charge is 0.248 e. The Balaban J connectivity index is 1.12. The van der Waals surface area contributed by atoms with Crippen LogP contribution in [0.4, 0.5) is 0 Å². The summed E-state index contributed by atoms with van der Waals surface area (Å²) in [6.07, 6.45) is 4.00. The number of fused-ring (bicyclic) bond motifs is 3. The van der Waals surface area contributed by atoms with Gasteiger partial charge in [-0.3, -0.25) is 19.8 Å². The third-order valence-corrected chi connectivity index (χ3v) is 7.28. The number of nitrogens with one attached hydrogen (secondary N) is 1. The van der Waals surface area contributed by atoms with Crippen LogP contribution in [0, 0.1) is 6.92 Å². The fraction of sp³-hybridized carbons (Fsp3) is 0.357. The van der Waals surface area contributed by atoms with Gasteiger partial charge in [0.15, 0.2) is 0 Å². The average molecular weight is 499 g/mol. The first kappa shape index (κ1) is 23.6. The van der Waals surface area contributed by atoms with E-state index in [1.54, 1.807) is 13.3 Å². The van der Waals surface area contributed by atoms with Crippen LogP contribution in [0.2, 0.25) is 0 Å². The highest BCUT2D eigenvalue weighted by molar-refractivity contribution is 5.80. The van der Waals surface area contributed by atoms with Gasteiger partial charge in [0, 0.05) is 67.7 Å². The molecule has 2 unspecified atom stereocenters. The van der Waals surface area contributed by atoms with E-state index in [0.717, 1.165) is 66.0 Å². The van der Waals surface area contributed by atoms with Gasteiger partial charge in [0.1, 0.15) is 12.4 Å². The number of benzene rings is 1. The molecule has 2 aliphatic heterocycles. The van der Waals surface area contributed by atoms with Crippen LogP contribution in [0.15, 0.2) is 54.7 Å². The lowest BCUT2D eigenvalue weighted by molar-refractivity contribution is -0.138. The van der Waals surface area contributed by atoms with Crippen LogP contribution in [0.5, 0.6) is 11.6 Å². The number of hydrogen-bond acceptors (Lipinski definition) is 7. The number of aryl methyl sites for hydroxylation is 1. The number of piperazine rings is 1. The molecule has 5 heterocycles. The summed E-state index contributed by atoms with van der Waals surface area (Å²) in [6.45, 7) is 4.45. The molecule has 6 rings (SSSR count). The highest BCUT2D eigenvalue weighted by Crippen LogP contribution is 2.32. The van der Waals surface area contributed by atoms with Crippen LogP contribution in [0.25, 0.3) is 22.2 Å². The average Bonchev–Trinajstić information content (AvgIpc) is 3.43. The molecule has 2 saturated heterocycles. The zero-order chi connectivity index (χ0) is 25.4. The van der Waals surface area contributed by atoms with Crippen molar-refractivity contribution in [1.82, 2.24) is 30.0 Å². The summed E-state index contributed by atoms with van der Waals surface area (Å²) in [6, 6.07) is 16.6. The maximum absolute atomic E-state index is 12.3. The van der Waals surface area contributed by atoms with E-state index < -0.39 is 0 Å². The summed E-state index contributed by atoms with van der Waals surface area (Å²) in [4.78, 5) is 26.1. The molecule has 0 spiro atoms. The van der Waals surface area contributed by atoms with Crippen molar-refractivity contribution >= 4 is 16.8 Å². The molecule has 9 heteroatoms. The van der Waals surface area contributed by atoms with Crippen molar-refractivity contribution in [2.45, 2.75) is 38.4 Å². The Morgan fingerprint density at radius 2 is 1.92 bits per heavy atom. The second-order valence-electron chi connectivity index (χ2n) is 9.87. The number of nitrogens with zero attached hydrogens (tertiary/aromatic N) is 5. The SMILES string of the molecule is COCC(=O)N1CC2CCC(C1)N2Cc1ccc2cc(Oc3ccc(-c4cc(C)[nH]n4)cn3)ccc2n1. The van der Waals surface area contributed by atoms with E-state index in [0.29, 0.717) is 23.7 Å². The van der Waals surface area contributed by atoms with Gasteiger partial charge in [0.25, 0.3) is 0 Å². The molecule has 0 radical (unpaired) electrons. The number of pyridine rings is 2. The first-order valence-corrected chi connectivity index (χ1v) is 12.6. The van der Waals surface area contributed by atoms with Crippen molar-refractivity contribution in [3.63, 3.8) is 0 Å². The second kappa shape index (κ2) is 9.91.